The first-order valence-corrected chi connectivity index (χ1v) is 10.3. The number of ether oxygens (including phenoxy) is 2. The Morgan fingerprint density at radius 3 is 1.81 bits per heavy atom. The van der Waals surface area contributed by atoms with Crippen molar-refractivity contribution in [3.05, 3.63) is 71.8 Å². The molecule has 2 aromatic carbocycles. The van der Waals surface area contributed by atoms with Gasteiger partial charge in [-0.1, -0.05) is 60.7 Å². The third-order valence-corrected chi connectivity index (χ3v) is 4.70. The van der Waals surface area contributed by atoms with Gasteiger partial charge in [-0.3, -0.25) is 14.4 Å². The number of hydrogen-bond acceptors (Lipinski definition) is 6. The first-order valence-electron chi connectivity index (χ1n) is 10.3. The van der Waals surface area contributed by atoms with E-state index in [-0.39, 0.29) is 19.7 Å². The zero-order valence-electron chi connectivity index (χ0n) is 17.6. The summed E-state index contributed by atoms with van der Waals surface area (Å²) in [5, 5.41) is 7.68. The van der Waals surface area contributed by atoms with Gasteiger partial charge in [0.05, 0.1) is 6.61 Å². The fourth-order valence-electron chi connectivity index (χ4n) is 2.96. The van der Waals surface area contributed by atoms with Gasteiger partial charge in [-0.2, -0.15) is 0 Å². The molecule has 9 nitrogen and oxygen atoms in total. The number of amides is 3. The lowest BCUT2D eigenvalue weighted by Gasteiger charge is -2.18. The van der Waals surface area contributed by atoms with Gasteiger partial charge in [-0.05, 0) is 18.1 Å². The van der Waals surface area contributed by atoms with Crippen LogP contribution in [0.2, 0.25) is 0 Å². The number of esters is 1. The van der Waals surface area contributed by atoms with E-state index in [9.17, 15) is 19.2 Å². The van der Waals surface area contributed by atoms with Crippen LogP contribution in [-0.4, -0.2) is 48.5 Å². The molecule has 3 amide bonds. The number of hydrogen-bond donors (Lipinski definition) is 3. The van der Waals surface area contributed by atoms with E-state index in [0.717, 1.165) is 11.1 Å². The van der Waals surface area contributed by atoms with Crippen molar-refractivity contribution in [1.82, 2.24) is 16.0 Å². The highest BCUT2D eigenvalue weighted by Gasteiger charge is 2.52. The van der Waals surface area contributed by atoms with Crippen LogP contribution < -0.4 is 16.0 Å². The maximum atomic E-state index is 12.7. The van der Waals surface area contributed by atoms with Crippen LogP contribution in [0.25, 0.3) is 0 Å². The van der Waals surface area contributed by atoms with Crippen LogP contribution in [0.15, 0.2) is 60.7 Å². The Bertz CT molecular complexity index is 895. The Hall–Kier alpha value is -3.72. The van der Waals surface area contributed by atoms with Crippen LogP contribution in [0.3, 0.4) is 0 Å². The number of benzene rings is 2. The molecule has 1 aliphatic rings. The summed E-state index contributed by atoms with van der Waals surface area (Å²) in [6, 6.07) is 16.8. The van der Waals surface area contributed by atoms with E-state index in [4.69, 9.17) is 9.47 Å². The molecule has 3 rings (SSSR count). The van der Waals surface area contributed by atoms with E-state index in [1.54, 1.807) is 6.92 Å². The summed E-state index contributed by atoms with van der Waals surface area (Å²) in [5.41, 5.74) is 1.67. The van der Waals surface area contributed by atoms with Crippen LogP contribution in [0, 0.1) is 0 Å². The largest absolute Gasteiger partial charge is 0.464 e. The van der Waals surface area contributed by atoms with Crippen molar-refractivity contribution in [2.24, 2.45) is 0 Å². The molecule has 0 aliphatic carbocycles. The molecule has 1 fully saturated rings. The molecule has 0 unspecified atom stereocenters. The van der Waals surface area contributed by atoms with Gasteiger partial charge < -0.3 is 25.4 Å². The maximum Gasteiger partial charge on any atom is 0.338 e. The highest BCUT2D eigenvalue weighted by Crippen LogP contribution is 2.23. The predicted octanol–water partition coefficient (Wildman–Crippen LogP) is 0.435. The van der Waals surface area contributed by atoms with Gasteiger partial charge in [0.15, 0.2) is 18.2 Å². The molecule has 0 saturated carbocycles. The van der Waals surface area contributed by atoms with Gasteiger partial charge in [0.1, 0.15) is 0 Å². The second-order valence-electron chi connectivity index (χ2n) is 7.08. The molecule has 168 valence electrons. The number of carbonyl (C=O) groups excluding carboxylic acids is 4. The summed E-state index contributed by atoms with van der Waals surface area (Å²) in [4.78, 5) is 49.7. The minimum Gasteiger partial charge on any atom is -0.464 e. The summed E-state index contributed by atoms with van der Waals surface area (Å²) >= 11 is 0. The molecule has 1 aliphatic heterocycles. The molecular weight excluding hydrogens is 414 g/mol. The second kappa shape index (κ2) is 11.1. The minimum atomic E-state index is -1.50. The number of nitrogens with one attached hydrogen (secondary N) is 3. The highest BCUT2D eigenvalue weighted by molar-refractivity contribution is 6.08. The van der Waals surface area contributed by atoms with Crippen LogP contribution >= 0.6 is 0 Å². The molecule has 2 aromatic rings. The molecule has 0 spiro atoms. The number of epoxide rings is 1. The number of carbonyl (C=O) groups is 4. The average Bonchev–Trinajstić information content (AvgIpc) is 3.62. The van der Waals surface area contributed by atoms with Crippen molar-refractivity contribution in [2.45, 2.75) is 38.3 Å². The summed E-state index contributed by atoms with van der Waals surface area (Å²) in [5.74, 6) is -2.76. The monoisotopic (exact) mass is 439 g/mol. The highest BCUT2D eigenvalue weighted by atomic mass is 16.6. The molecule has 9 heteroatoms. The van der Waals surface area contributed by atoms with E-state index in [1.807, 2.05) is 60.7 Å². The maximum absolute atomic E-state index is 12.7. The van der Waals surface area contributed by atoms with Crippen LogP contribution in [0.5, 0.6) is 0 Å². The van der Waals surface area contributed by atoms with E-state index < -0.39 is 41.9 Å². The number of rotatable bonds is 10. The molecule has 0 bridgehead atoms. The minimum absolute atomic E-state index is 0.152. The smallest absolute Gasteiger partial charge is 0.338 e. The Kier molecular flexibility index (Phi) is 7.93. The normalized spacial score (nSPS) is 16.7. The summed E-state index contributed by atoms with van der Waals surface area (Å²) in [6.45, 7) is 2.16. The molecule has 1 heterocycles. The summed E-state index contributed by atoms with van der Waals surface area (Å²) in [7, 11) is 0. The van der Waals surface area contributed by atoms with Crippen LogP contribution in [0.1, 0.15) is 18.1 Å². The Balaban J connectivity index is 1.63. The van der Waals surface area contributed by atoms with Crippen molar-refractivity contribution in [3.8, 4) is 0 Å². The van der Waals surface area contributed by atoms with Crippen molar-refractivity contribution >= 4 is 23.7 Å². The second-order valence-corrected chi connectivity index (χ2v) is 7.08. The van der Waals surface area contributed by atoms with Crippen molar-refractivity contribution in [3.63, 3.8) is 0 Å². The molecule has 2 atom stereocenters. The summed E-state index contributed by atoms with van der Waals surface area (Å²) < 4.78 is 9.88. The Morgan fingerprint density at radius 2 is 1.34 bits per heavy atom. The van der Waals surface area contributed by atoms with Crippen LogP contribution in [-0.2, 0) is 41.7 Å². The lowest BCUT2D eigenvalue weighted by Crippen LogP contribution is -2.56. The molecule has 0 aromatic heterocycles. The fourth-order valence-corrected chi connectivity index (χ4v) is 2.96. The van der Waals surface area contributed by atoms with Crippen molar-refractivity contribution in [1.29, 1.82) is 0 Å². The quantitative estimate of drug-likeness (QED) is 0.280. The third-order valence-electron chi connectivity index (χ3n) is 4.70. The van der Waals surface area contributed by atoms with Gasteiger partial charge in [0.2, 0.25) is 0 Å². The van der Waals surface area contributed by atoms with E-state index in [1.165, 1.54) is 0 Å². The van der Waals surface area contributed by atoms with Crippen molar-refractivity contribution in [2.75, 3.05) is 6.61 Å². The molecule has 0 radical (unpaired) electrons. The zero-order valence-corrected chi connectivity index (χ0v) is 17.6. The molecule has 3 N–H and O–H groups in total. The van der Waals surface area contributed by atoms with Crippen LogP contribution in [0.4, 0.5) is 0 Å². The van der Waals surface area contributed by atoms with Gasteiger partial charge >= 0.3 is 5.97 Å². The Labute approximate surface area is 185 Å². The van der Waals surface area contributed by atoms with E-state index in [0.29, 0.717) is 0 Å². The Morgan fingerprint density at radius 1 is 0.844 bits per heavy atom. The topological polar surface area (TPSA) is 126 Å². The molecule has 1 saturated heterocycles. The molecule has 32 heavy (non-hydrogen) atoms. The predicted molar refractivity (Wildman–Crippen MR) is 114 cm³/mol. The van der Waals surface area contributed by atoms with Gasteiger partial charge in [0, 0.05) is 13.1 Å². The van der Waals surface area contributed by atoms with Gasteiger partial charge in [-0.15, -0.1) is 0 Å². The van der Waals surface area contributed by atoms with E-state index >= 15 is 0 Å². The van der Waals surface area contributed by atoms with Gasteiger partial charge in [-0.25, -0.2) is 4.79 Å². The molecular formula is C23H25N3O6. The zero-order chi connectivity index (χ0) is 22.9. The van der Waals surface area contributed by atoms with Gasteiger partial charge in [0.25, 0.3) is 17.7 Å². The first-order chi connectivity index (χ1) is 15.5. The first kappa shape index (κ1) is 23.0. The summed E-state index contributed by atoms with van der Waals surface area (Å²) in [6.07, 6.45) is -2.13. The average molecular weight is 439 g/mol. The standard InChI is InChI=1S/C23H25N3O6/c1-2-31-23(30)19-18(32-19)22(29)26-17(20(27)24-13-15-9-5-3-6-10-15)21(28)25-14-16-11-7-4-8-12-16/h3-12,17-19H,2,13-14H2,1H3,(H,24,27)(H,25,28)(H,26,29)/t18-,19-/m0/s1. The third kappa shape index (κ3) is 6.39. The van der Waals surface area contributed by atoms with E-state index in [2.05, 4.69) is 16.0 Å². The lowest BCUT2D eigenvalue weighted by atomic mass is 10.1. The lowest BCUT2D eigenvalue weighted by molar-refractivity contribution is -0.144. The fraction of sp³-hybridized carbons (Fsp3) is 0.304. The van der Waals surface area contributed by atoms with Crippen molar-refractivity contribution < 1.29 is 28.7 Å². The SMILES string of the molecule is CCOC(=O)[C@H]1O[C@@H]1C(=O)NC(C(=O)NCc1ccccc1)C(=O)NCc1ccccc1.